The molecule has 1 amide bonds. The SMILES string of the molecule is COc1ccccc1NC(=O)c1ccc2nn(/C(C#N)=C/c3cccnc3)nc2c1. The third-order valence-electron chi connectivity index (χ3n) is 4.32. The van der Waals surface area contributed by atoms with Gasteiger partial charge in [0.2, 0.25) is 0 Å². The number of para-hydroxylation sites is 2. The number of hydrogen-bond donors (Lipinski definition) is 1. The number of carbonyl (C=O) groups excluding carboxylic acids is 1. The number of fused-ring (bicyclic) bond motifs is 1. The Morgan fingerprint density at radius 2 is 1.97 bits per heavy atom. The highest BCUT2D eigenvalue weighted by atomic mass is 16.5. The van der Waals surface area contributed by atoms with Crippen LogP contribution < -0.4 is 10.1 Å². The Hall–Kier alpha value is -4.51. The van der Waals surface area contributed by atoms with Crippen molar-refractivity contribution in [1.29, 1.82) is 5.26 Å². The minimum atomic E-state index is -0.303. The van der Waals surface area contributed by atoms with E-state index < -0.39 is 0 Å². The van der Waals surface area contributed by atoms with E-state index in [4.69, 9.17) is 4.74 Å². The van der Waals surface area contributed by atoms with Gasteiger partial charge >= 0.3 is 0 Å². The summed E-state index contributed by atoms with van der Waals surface area (Å²) in [7, 11) is 1.54. The van der Waals surface area contributed by atoms with Crippen LogP contribution in [0, 0.1) is 11.3 Å². The molecule has 2 aromatic carbocycles. The third kappa shape index (κ3) is 3.86. The molecule has 8 heteroatoms. The van der Waals surface area contributed by atoms with Gasteiger partial charge in [0.05, 0.1) is 12.8 Å². The molecule has 30 heavy (non-hydrogen) atoms. The van der Waals surface area contributed by atoms with E-state index in [0.29, 0.717) is 28.0 Å². The number of nitriles is 1. The third-order valence-corrected chi connectivity index (χ3v) is 4.32. The second-order valence-corrected chi connectivity index (χ2v) is 6.28. The molecule has 2 aromatic heterocycles. The number of anilines is 1. The summed E-state index contributed by atoms with van der Waals surface area (Å²) in [6.45, 7) is 0. The summed E-state index contributed by atoms with van der Waals surface area (Å²) in [6, 6.07) is 17.8. The van der Waals surface area contributed by atoms with Crippen molar-refractivity contribution in [2.24, 2.45) is 0 Å². The summed E-state index contributed by atoms with van der Waals surface area (Å²) in [6.07, 6.45) is 4.93. The number of ether oxygens (including phenoxy) is 1. The molecule has 146 valence electrons. The average Bonchev–Trinajstić information content (AvgIpc) is 3.21. The molecule has 0 saturated heterocycles. The van der Waals surface area contributed by atoms with E-state index in [0.717, 1.165) is 5.56 Å². The largest absolute Gasteiger partial charge is 0.495 e. The number of pyridine rings is 1. The van der Waals surface area contributed by atoms with Crippen molar-refractivity contribution in [3.8, 4) is 11.8 Å². The predicted octanol–water partition coefficient (Wildman–Crippen LogP) is 3.61. The number of carbonyl (C=O) groups is 1. The molecule has 4 aromatic rings. The number of benzene rings is 2. The molecule has 0 aliphatic rings. The van der Waals surface area contributed by atoms with Crippen LogP contribution in [0.4, 0.5) is 5.69 Å². The topological polar surface area (TPSA) is 106 Å². The molecule has 0 spiro atoms. The van der Waals surface area contributed by atoms with E-state index in [2.05, 4.69) is 26.6 Å². The minimum absolute atomic E-state index is 0.235. The van der Waals surface area contributed by atoms with Crippen molar-refractivity contribution in [2.75, 3.05) is 12.4 Å². The lowest BCUT2D eigenvalue weighted by Gasteiger charge is -2.09. The van der Waals surface area contributed by atoms with Gasteiger partial charge in [0.25, 0.3) is 5.91 Å². The van der Waals surface area contributed by atoms with Gasteiger partial charge in [-0.1, -0.05) is 18.2 Å². The normalized spacial score (nSPS) is 11.1. The molecule has 8 nitrogen and oxygen atoms in total. The molecule has 0 fully saturated rings. The molecule has 1 N–H and O–H groups in total. The highest BCUT2D eigenvalue weighted by Gasteiger charge is 2.13. The Bertz CT molecular complexity index is 1290. The first-order valence-corrected chi connectivity index (χ1v) is 9.01. The maximum Gasteiger partial charge on any atom is 0.255 e. The number of amides is 1. The first-order chi connectivity index (χ1) is 14.7. The highest BCUT2D eigenvalue weighted by molar-refractivity contribution is 6.06. The molecule has 0 aliphatic carbocycles. The lowest BCUT2D eigenvalue weighted by atomic mass is 10.2. The standard InChI is InChI=1S/C22H16N6O2/c1-30-21-7-3-2-6-19(21)25-22(29)16-8-9-18-20(12-16)27-28(26-18)17(13-23)11-15-5-4-10-24-14-15/h2-12,14H,1H3,(H,25,29)/b17-11+. The van der Waals surface area contributed by atoms with Crippen molar-refractivity contribution >= 4 is 34.4 Å². The summed E-state index contributed by atoms with van der Waals surface area (Å²) >= 11 is 0. The Balaban J connectivity index is 1.63. The van der Waals surface area contributed by atoms with Gasteiger partial charge in [-0.05, 0) is 48.0 Å². The second-order valence-electron chi connectivity index (χ2n) is 6.28. The zero-order valence-corrected chi connectivity index (χ0v) is 16.0. The van der Waals surface area contributed by atoms with Crippen LogP contribution in [0.5, 0.6) is 5.75 Å². The monoisotopic (exact) mass is 396 g/mol. The molecular weight excluding hydrogens is 380 g/mol. The van der Waals surface area contributed by atoms with Gasteiger partial charge in [-0.25, -0.2) is 0 Å². The van der Waals surface area contributed by atoms with Crippen LogP contribution in [0.1, 0.15) is 15.9 Å². The second kappa shape index (κ2) is 8.24. The predicted molar refractivity (Wildman–Crippen MR) is 112 cm³/mol. The van der Waals surface area contributed by atoms with Crippen LogP contribution in [0.25, 0.3) is 22.8 Å². The lowest BCUT2D eigenvalue weighted by Crippen LogP contribution is -2.12. The molecule has 0 atom stereocenters. The molecule has 2 heterocycles. The van der Waals surface area contributed by atoms with Crippen molar-refractivity contribution in [3.63, 3.8) is 0 Å². The maximum absolute atomic E-state index is 12.7. The summed E-state index contributed by atoms with van der Waals surface area (Å²) in [5.41, 5.74) is 3.04. The molecule has 0 bridgehead atoms. The number of methoxy groups -OCH3 is 1. The van der Waals surface area contributed by atoms with E-state index in [1.807, 2.05) is 18.2 Å². The number of aromatic nitrogens is 4. The Morgan fingerprint density at radius 1 is 1.13 bits per heavy atom. The summed E-state index contributed by atoms with van der Waals surface area (Å²) in [5, 5.41) is 21.0. The van der Waals surface area contributed by atoms with Crippen molar-refractivity contribution in [3.05, 3.63) is 78.1 Å². The summed E-state index contributed by atoms with van der Waals surface area (Å²) < 4.78 is 5.26. The molecule has 4 rings (SSSR count). The number of rotatable bonds is 5. The fourth-order valence-electron chi connectivity index (χ4n) is 2.86. The van der Waals surface area contributed by atoms with Crippen molar-refractivity contribution in [1.82, 2.24) is 20.0 Å². The zero-order valence-electron chi connectivity index (χ0n) is 16.0. The summed E-state index contributed by atoms with van der Waals surface area (Å²) in [5.74, 6) is 0.263. The first kappa shape index (κ1) is 18.8. The smallest absolute Gasteiger partial charge is 0.255 e. The highest BCUT2D eigenvalue weighted by Crippen LogP contribution is 2.24. The number of nitrogens with zero attached hydrogens (tertiary/aromatic N) is 5. The fraction of sp³-hybridized carbons (Fsp3) is 0.0455. The Labute approximate surface area is 172 Å². The maximum atomic E-state index is 12.7. The first-order valence-electron chi connectivity index (χ1n) is 9.01. The summed E-state index contributed by atoms with van der Waals surface area (Å²) in [4.78, 5) is 17.9. The van der Waals surface area contributed by atoms with Crippen LogP contribution >= 0.6 is 0 Å². The van der Waals surface area contributed by atoms with Crippen molar-refractivity contribution in [2.45, 2.75) is 0 Å². The van der Waals surface area contributed by atoms with Gasteiger partial charge in [0.1, 0.15) is 22.9 Å². The van der Waals surface area contributed by atoms with E-state index >= 15 is 0 Å². The average molecular weight is 396 g/mol. The molecular formula is C22H16N6O2. The van der Waals surface area contributed by atoms with E-state index in [1.54, 1.807) is 62.0 Å². The van der Waals surface area contributed by atoms with E-state index in [-0.39, 0.29) is 11.6 Å². The van der Waals surface area contributed by atoms with Gasteiger partial charge in [-0.3, -0.25) is 9.78 Å². The molecule has 0 radical (unpaired) electrons. The molecule has 0 saturated carbocycles. The van der Waals surface area contributed by atoms with Crippen LogP contribution in [0.15, 0.2) is 67.0 Å². The van der Waals surface area contributed by atoms with Gasteiger partial charge in [-0.15, -0.1) is 15.0 Å². The quantitative estimate of drug-likeness (QED) is 0.517. The van der Waals surface area contributed by atoms with Crippen molar-refractivity contribution < 1.29 is 9.53 Å². The van der Waals surface area contributed by atoms with Gasteiger partial charge in [0.15, 0.2) is 5.70 Å². The van der Waals surface area contributed by atoms with Gasteiger partial charge in [-0.2, -0.15) is 5.26 Å². The van der Waals surface area contributed by atoms with Crippen LogP contribution in [-0.2, 0) is 0 Å². The van der Waals surface area contributed by atoms with E-state index in [9.17, 15) is 10.1 Å². The van der Waals surface area contributed by atoms with Gasteiger partial charge < -0.3 is 10.1 Å². The zero-order chi connectivity index (χ0) is 20.9. The fourth-order valence-corrected chi connectivity index (χ4v) is 2.86. The van der Waals surface area contributed by atoms with Crippen LogP contribution in [-0.4, -0.2) is 33.0 Å². The van der Waals surface area contributed by atoms with E-state index in [1.165, 1.54) is 4.80 Å². The van der Waals surface area contributed by atoms with Gasteiger partial charge in [0, 0.05) is 18.0 Å². The minimum Gasteiger partial charge on any atom is -0.495 e. The Kier molecular flexibility index (Phi) is 5.17. The number of allylic oxidation sites excluding steroid dienone is 1. The number of hydrogen-bond acceptors (Lipinski definition) is 6. The Morgan fingerprint density at radius 3 is 2.73 bits per heavy atom. The lowest BCUT2D eigenvalue weighted by molar-refractivity contribution is 0.102. The van der Waals surface area contributed by atoms with Crippen LogP contribution in [0.2, 0.25) is 0 Å². The number of nitrogens with one attached hydrogen (secondary N) is 1. The van der Waals surface area contributed by atoms with Crippen LogP contribution in [0.3, 0.4) is 0 Å². The molecule has 0 unspecified atom stereocenters. The molecule has 0 aliphatic heterocycles.